The Kier molecular flexibility index (Phi) is 7.97. The number of aromatic nitrogens is 2. The molecule has 0 unspecified atom stereocenters. The van der Waals surface area contributed by atoms with E-state index in [4.69, 9.17) is 4.74 Å². The van der Waals surface area contributed by atoms with Crippen LogP contribution in [0.25, 0.3) is 11.1 Å². The number of anilines is 1. The molecule has 3 aliphatic rings. The molecule has 40 heavy (non-hydrogen) atoms. The third-order valence-electron chi connectivity index (χ3n) is 9.50. The molecule has 0 saturated heterocycles. The van der Waals surface area contributed by atoms with Crippen molar-refractivity contribution in [1.82, 2.24) is 9.78 Å². The zero-order valence-corrected chi connectivity index (χ0v) is 24.0. The maximum atomic E-state index is 14.0. The molecule has 0 radical (unpaired) electrons. The molecule has 0 atom stereocenters. The minimum absolute atomic E-state index is 0.0108. The number of nitrogens with zero attached hydrogens (tertiary/aromatic N) is 3. The van der Waals surface area contributed by atoms with Gasteiger partial charge in [-0.1, -0.05) is 24.3 Å². The summed E-state index contributed by atoms with van der Waals surface area (Å²) in [5.41, 5.74) is 5.81. The van der Waals surface area contributed by atoms with Crippen molar-refractivity contribution in [3.8, 4) is 16.9 Å². The zero-order chi connectivity index (χ0) is 27.6. The summed E-state index contributed by atoms with van der Waals surface area (Å²) in [4.78, 5) is 16.1. The molecule has 1 amide bonds. The fourth-order valence-corrected chi connectivity index (χ4v) is 6.84. The molecule has 3 aromatic rings. The van der Waals surface area contributed by atoms with E-state index in [0.29, 0.717) is 17.9 Å². The van der Waals surface area contributed by atoms with Gasteiger partial charge < -0.3 is 14.7 Å². The average molecular weight is 542 g/mol. The molecule has 6 nitrogen and oxygen atoms in total. The molecule has 1 aromatic heterocycles. The van der Waals surface area contributed by atoms with Gasteiger partial charge in [0.25, 0.3) is 0 Å². The van der Waals surface area contributed by atoms with Gasteiger partial charge in [-0.2, -0.15) is 5.10 Å². The van der Waals surface area contributed by atoms with Crippen molar-refractivity contribution in [2.24, 2.45) is 11.8 Å². The lowest BCUT2D eigenvalue weighted by Crippen LogP contribution is -2.41. The molecular weight excluding hydrogens is 498 g/mol. The third kappa shape index (κ3) is 5.97. The summed E-state index contributed by atoms with van der Waals surface area (Å²) in [6.07, 6.45) is 13.8. The van der Waals surface area contributed by atoms with Crippen LogP contribution in [-0.4, -0.2) is 40.6 Å². The Balaban J connectivity index is 1.19. The Morgan fingerprint density at radius 1 is 0.975 bits per heavy atom. The van der Waals surface area contributed by atoms with Gasteiger partial charge in [-0.25, -0.2) is 0 Å². The number of ether oxygens (including phenoxy) is 1. The molecular formula is C34H43N3O3. The van der Waals surface area contributed by atoms with Crippen molar-refractivity contribution in [1.29, 1.82) is 0 Å². The first kappa shape index (κ1) is 27.1. The highest BCUT2D eigenvalue weighted by atomic mass is 16.5. The van der Waals surface area contributed by atoms with Gasteiger partial charge in [0.15, 0.2) is 0 Å². The molecule has 6 heteroatoms. The number of hydrogen-bond acceptors (Lipinski definition) is 4. The van der Waals surface area contributed by atoms with Crippen molar-refractivity contribution < 1.29 is 14.6 Å². The molecule has 0 aliphatic heterocycles. The van der Waals surface area contributed by atoms with E-state index in [-0.39, 0.29) is 17.9 Å². The van der Waals surface area contributed by atoms with Crippen LogP contribution >= 0.6 is 0 Å². The van der Waals surface area contributed by atoms with Gasteiger partial charge in [-0.15, -0.1) is 0 Å². The van der Waals surface area contributed by atoms with Gasteiger partial charge in [-0.3, -0.25) is 9.48 Å². The Labute approximate surface area is 238 Å². The van der Waals surface area contributed by atoms with Crippen molar-refractivity contribution in [2.75, 3.05) is 18.6 Å². The summed E-state index contributed by atoms with van der Waals surface area (Å²) in [6, 6.07) is 15.6. The molecule has 0 spiro atoms. The molecule has 1 N–H and O–H groups in total. The number of rotatable bonds is 8. The monoisotopic (exact) mass is 541 g/mol. The second kappa shape index (κ2) is 11.8. The Bertz CT molecular complexity index is 1310. The highest BCUT2D eigenvalue weighted by Gasteiger charge is 2.32. The third-order valence-corrected chi connectivity index (χ3v) is 9.50. The lowest BCUT2D eigenvalue weighted by Gasteiger charge is -2.36. The maximum absolute atomic E-state index is 14.0. The average Bonchev–Trinajstić information content (AvgIpc) is 3.72. The molecule has 212 valence electrons. The molecule has 3 fully saturated rings. The van der Waals surface area contributed by atoms with Gasteiger partial charge in [0.1, 0.15) is 5.75 Å². The highest BCUT2D eigenvalue weighted by Crippen LogP contribution is 2.39. The predicted molar refractivity (Wildman–Crippen MR) is 159 cm³/mol. The molecule has 0 bridgehead atoms. The largest absolute Gasteiger partial charge is 0.496 e. The van der Waals surface area contributed by atoms with Crippen LogP contribution in [0.3, 0.4) is 0 Å². The molecule has 6 rings (SSSR count). The Morgan fingerprint density at radius 2 is 1.75 bits per heavy atom. The normalized spacial score (nSPS) is 25.0. The van der Waals surface area contributed by atoms with Crippen LogP contribution in [0.1, 0.15) is 87.3 Å². The fourth-order valence-electron chi connectivity index (χ4n) is 6.84. The van der Waals surface area contributed by atoms with Crippen LogP contribution in [0.5, 0.6) is 5.75 Å². The van der Waals surface area contributed by atoms with E-state index in [1.54, 1.807) is 7.11 Å². The van der Waals surface area contributed by atoms with Crippen molar-refractivity contribution in [3.05, 3.63) is 66.0 Å². The molecule has 3 aliphatic carbocycles. The summed E-state index contributed by atoms with van der Waals surface area (Å²) in [6.45, 7) is 2.88. The van der Waals surface area contributed by atoms with Crippen LogP contribution in [0.2, 0.25) is 0 Å². The van der Waals surface area contributed by atoms with Gasteiger partial charge in [0, 0.05) is 29.9 Å². The first-order valence-corrected chi connectivity index (χ1v) is 15.3. The van der Waals surface area contributed by atoms with E-state index in [1.807, 2.05) is 6.20 Å². The Hall–Kier alpha value is -3.12. The summed E-state index contributed by atoms with van der Waals surface area (Å²) in [7, 11) is 1.73. The number of carbonyl (C=O) groups is 1. The lowest BCUT2D eigenvalue weighted by molar-refractivity contribution is -0.124. The molecule has 3 saturated carbocycles. The minimum atomic E-state index is -0.263. The van der Waals surface area contributed by atoms with Crippen molar-refractivity contribution in [3.63, 3.8) is 0 Å². The van der Waals surface area contributed by atoms with Crippen molar-refractivity contribution >= 4 is 11.6 Å². The fraction of sp³-hybridized carbons (Fsp3) is 0.529. The van der Waals surface area contributed by atoms with Gasteiger partial charge >= 0.3 is 0 Å². The first-order valence-electron chi connectivity index (χ1n) is 15.3. The second-order valence-corrected chi connectivity index (χ2v) is 12.4. The van der Waals surface area contributed by atoms with E-state index < -0.39 is 0 Å². The van der Waals surface area contributed by atoms with Crippen LogP contribution in [0.15, 0.2) is 54.9 Å². The first-order chi connectivity index (χ1) is 19.5. The van der Waals surface area contributed by atoms with Gasteiger partial charge in [-0.05, 0) is 118 Å². The maximum Gasteiger partial charge on any atom is 0.230 e. The number of aryl methyl sites for hydroxylation is 1. The van der Waals surface area contributed by atoms with Crippen molar-refractivity contribution in [2.45, 2.75) is 89.2 Å². The smallest absolute Gasteiger partial charge is 0.230 e. The lowest BCUT2D eigenvalue weighted by atomic mass is 9.78. The van der Waals surface area contributed by atoms with E-state index in [1.165, 1.54) is 24.0 Å². The molecule has 2 aromatic carbocycles. The predicted octanol–water partition coefficient (Wildman–Crippen LogP) is 7.06. The summed E-state index contributed by atoms with van der Waals surface area (Å²) in [5, 5.41) is 14.6. The van der Waals surface area contributed by atoms with Gasteiger partial charge in [0.05, 0.1) is 25.5 Å². The minimum Gasteiger partial charge on any atom is -0.496 e. The van der Waals surface area contributed by atoms with Gasteiger partial charge in [0.2, 0.25) is 5.91 Å². The number of methoxy groups -OCH3 is 1. The van der Waals surface area contributed by atoms with Crippen LogP contribution < -0.4 is 9.64 Å². The topological polar surface area (TPSA) is 67.6 Å². The summed E-state index contributed by atoms with van der Waals surface area (Å²) in [5.74, 6) is 2.21. The summed E-state index contributed by atoms with van der Waals surface area (Å²) >= 11 is 0. The number of hydrogen-bond donors (Lipinski definition) is 1. The van der Waals surface area contributed by atoms with E-state index in [0.717, 1.165) is 80.5 Å². The quantitative estimate of drug-likeness (QED) is 0.332. The standard InChI is InChI=1S/C34H43N3O3/c1-23-18-28(12-17-33(23)40-2)25-8-6-24(7-9-25)21-36(34(39)26-10-15-32(38)16-11-26)31-5-3-4-27(19-31)29-20-35-37(22-29)30-13-14-30/h3-5,12,17-20,22,24-26,30,32,38H,6-11,13-16,21H2,1-2H3. The summed E-state index contributed by atoms with van der Waals surface area (Å²) < 4.78 is 7.55. The number of aliphatic hydroxyl groups excluding tert-OH is 1. The highest BCUT2D eigenvalue weighted by molar-refractivity contribution is 5.95. The molecule has 1 heterocycles. The van der Waals surface area contributed by atoms with E-state index >= 15 is 0 Å². The number of amides is 1. The number of carbonyl (C=O) groups excluding carboxylic acids is 1. The number of benzene rings is 2. The SMILES string of the molecule is COc1ccc(C2CCC(CN(C(=O)C3CCC(O)CC3)c3cccc(-c4cnn(C5CC5)c4)c3)CC2)cc1C. The Morgan fingerprint density at radius 3 is 2.45 bits per heavy atom. The van der Waals surface area contributed by atoms with Crippen LogP contribution in [-0.2, 0) is 4.79 Å². The second-order valence-electron chi connectivity index (χ2n) is 12.4. The zero-order valence-electron chi connectivity index (χ0n) is 24.0. The van der Waals surface area contributed by atoms with E-state index in [9.17, 15) is 9.90 Å². The van der Waals surface area contributed by atoms with E-state index in [2.05, 4.69) is 70.3 Å². The van der Waals surface area contributed by atoms with Crippen LogP contribution in [0.4, 0.5) is 5.69 Å². The van der Waals surface area contributed by atoms with Crippen LogP contribution in [0, 0.1) is 18.8 Å². The number of aliphatic hydroxyl groups is 1.